The van der Waals surface area contributed by atoms with E-state index < -0.39 is 0 Å². The maximum Gasteiger partial charge on any atom is 0.149 e. The van der Waals surface area contributed by atoms with Crippen LogP contribution in [0.1, 0.15) is 46.6 Å². The van der Waals surface area contributed by atoms with E-state index >= 15 is 0 Å². The molecule has 1 aromatic carbocycles. The predicted octanol–water partition coefficient (Wildman–Crippen LogP) is 4.50. The molecule has 0 aliphatic carbocycles. The molecular formula is C14H21NO2. The molecule has 0 heterocycles. The molecule has 1 N–H and O–H groups in total. The van der Waals surface area contributed by atoms with Crippen molar-refractivity contribution in [3.63, 3.8) is 0 Å². The Morgan fingerprint density at radius 1 is 1.18 bits per heavy atom. The zero-order chi connectivity index (χ0) is 13.3. The maximum atomic E-state index is 10.6. The minimum atomic E-state index is -0.0599. The number of hydrogen-bond acceptors (Lipinski definition) is 3. The molecule has 1 rings (SSSR count). The first-order valence-electron chi connectivity index (χ1n) is 5.82. The number of benzene rings is 1. The average Bonchev–Trinajstić information content (AvgIpc) is 2.14. The highest BCUT2D eigenvalue weighted by molar-refractivity contribution is 5.53. The molecule has 1 aromatic rings. The third-order valence-corrected chi connectivity index (χ3v) is 2.83. The lowest BCUT2D eigenvalue weighted by molar-refractivity contribution is 0.284. The summed E-state index contributed by atoms with van der Waals surface area (Å²) in [5.74, 6) is -0.0599. The van der Waals surface area contributed by atoms with E-state index in [2.05, 4.69) is 39.8 Å². The highest BCUT2D eigenvalue weighted by Crippen LogP contribution is 2.39. The summed E-state index contributed by atoms with van der Waals surface area (Å²) in [7, 11) is 0. The normalized spacial score (nSPS) is 12.5. The van der Waals surface area contributed by atoms with Crippen LogP contribution in [0.2, 0.25) is 0 Å². The van der Waals surface area contributed by atoms with Gasteiger partial charge in [0.2, 0.25) is 0 Å². The molecule has 0 saturated heterocycles. The Kier molecular flexibility index (Phi) is 3.60. The van der Waals surface area contributed by atoms with Crippen molar-refractivity contribution in [3.05, 3.63) is 28.7 Å². The second-order valence-electron chi connectivity index (χ2n) is 6.42. The van der Waals surface area contributed by atoms with Gasteiger partial charge < -0.3 is 5.11 Å². The fourth-order valence-electron chi connectivity index (χ4n) is 2.45. The van der Waals surface area contributed by atoms with Crippen molar-refractivity contribution in [2.24, 2.45) is 10.6 Å². The van der Waals surface area contributed by atoms with Crippen molar-refractivity contribution < 1.29 is 5.11 Å². The summed E-state index contributed by atoms with van der Waals surface area (Å²) in [5.41, 5.74) is 1.30. The van der Waals surface area contributed by atoms with E-state index in [1.54, 1.807) is 6.07 Å². The van der Waals surface area contributed by atoms with Gasteiger partial charge >= 0.3 is 0 Å². The van der Waals surface area contributed by atoms with Crippen LogP contribution < -0.4 is 0 Å². The van der Waals surface area contributed by atoms with Gasteiger partial charge in [-0.05, 0) is 40.1 Å². The summed E-state index contributed by atoms with van der Waals surface area (Å²) >= 11 is 0. The number of nitroso groups, excluding NO2 is 1. The zero-order valence-electron chi connectivity index (χ0n) is 11.2. The van der Waals surface area contributed by atoms with Crippen LogP contribution in [0, 0.1) is 10.3 Å². The van der Waals surface area contributed by atoms with Crippen LogP contribution in [0.4, 0.5) is 5.69 Å². The van der Waals surface area contributed by atoms with E-state index in [9.17, 15) is 10.0 Å². The summed E-state index contributed by atoms with van der Waals surface area (Å²) in [5, 5.41) is 12.3. The van der Waals surface area contributed by atoms with Crippen molar-refractivity contribution in [2.75, 3.05) is 0 Å². The van der Waals surface area contributed by atoms with Gasteiger partial charge in [0.05, 0.1) is 0 Å². The minimum absolute atomic E-state index is 0.0502. The van der Waals surface area contributed by atoms with Crippen LogP contribution >= 0.6 is 0 Å². The van der Waals surface area contributed by atoms with Gasteiger partial charge in [0.1, 0.15) is 11.4 Å². The van der Waals surface area contributed by atoms with Gasteiger partial charge in [-0.3, -0.25) is 0 Å². The molecule has 0 aliphatic rings. The van der Waals surface area contributed by atoms with Gasteiger partial charge in [0.25, 0.3) is 0 Å². The highest BCUT2D eigenvalue weighted by Gasteiger charge is 2.27. The third kappa shape index (κ3) is 3.55. The number of nitrogens with zero attached hydrogens (tertiary/aromatic N) is 1. The molecule has 3 heteroatoms. The SMILES string of the molecule is CC(C)(C)CC(C)(C)c1ccc(O)c(N=O)c1. The van der Waals surface area contributed by atoms with Gasteiger partial charge in [-0.2, -0.15) is 0 Å². The molecule has 0 atom stereocenters. The Morgan fingerprint density at radius 2 is 1.76 bits per heavy atom. The first-order chi connectivity index (χ1) is 7.65. The standard InChI is InChI=1S/C14H21NO2/c1-13(2,3)9-14(4,5)10-6-7-12(16)11(8-10)15-17/h6-8,16H,9H2,1-5H3. The van der Waals surface area contributed by atoms with Crippen LogP contribution in [0.25, 0.3) is 0 Å². The second kappa shape index (κ2) is 4.47. The Morgan fingerprint density at radius 3 is 2.24 bits per heavy atom. The molecule has 0 spiro atoms. The first-order valence-corrected chi connectivity index (χ1v) is 5.82. The first kappa shape index (κ1) is 13.7. The van der Waals surface area contributed by atoms with Crippen LogP contribution in [-0.4, -0.2) is 5.11 Å². The highest BCUT2D eigenvalue weighted by atomic mass is 16.3. The summed E-state index contributed by atoms with van der Waals surface area (Å²) < 4.78 is 0. The van der Waals surface area contributed by atoms with Crippen LogP contribution in [0.15, 0.2) is 23.4 Å². The minimum Gasteiger partial charge on any atom is -0.506 e. The van der Waals surface area contributed by atoms with Gasteiger partial charge in [-0.1, -0.05) is 40.7 Å². The summed E-state index contributed by atoms with van der Waals surface area (Å²) in [6.07, 6.45) is 0.989. The lowest BCUT2D eigenvalue weighted by Gasteiger charge is -2.33. The lowest BCUT2D eigenvalue weighted by Crippen LogP contribution is -2.24. The lowest BCUT2D eigenvalue weighted by atomic mass is 9.72. The Labute approximate surface area is 103 Å². The summed E-state index contributed by atoms with van der Waals surface area (Å²) in [4.78, 5) is 10.6. The van der Waals surface area contributed by atoms with Crippen molar-refractivity contribution in [1.82, 2.24) is 0 Å². The Hall–Kier alpha value is -1.38. The monoisotopic (exact) mass is 235 g/mol. The van der Waals surface area contributed by atoms with Gasteiger partial charge in [0.15, 0.2) is 0 Å². The number of aromatic hydroxyl groups is 1. The largest absolute Gasteiger partial charge is 0.506 e. The van der Waals surface area contributed by atoms with Crippen LogP contribution in [-0.2, 0) is 5.41 Å². The van der Waals surface area contributed by atoms with Crippen molar-refractivity contribution in [3.8, 4) is 5.75 Å². The van der Waals surface area contributed by atoms with E-state index in [0.717, 1.165) is 12.0 Å². The molecule has 3 nitrogen and oxygen atoms in total. The quantitative estimate of drug-likeness (QED) is 0.784. The van der Waals surface area contributed by atoms with E-state index in [0.29, 0.717) is 0 Å². The molecule has 0 bridgehead atoms. The molecule has 0 aromatic heterocycles. The molecule has 0 fully saturated rings. The van der Waals surface area contributed by atoms with Gasteiger partial charge in [0, 0.05) is 0 Å². The summed E-state index contributed by atoms with van der Waals surface area (Å²) in [6, 6.07) is 5.07. The van der Waals surface area contributed by atoms with Crippen LogP contribution in [0.5, 0.6) is 5.75 Å². The zero-order valence-corrected chi connectivity index (χ0v) is 11.2. The maximum absolute atomic E-state index is 10.6. The molecule has 0 amide bonds. The van der Waals surface area contributed by atoms with Crippen molar-refractivity contribution in [1.29, 1.82) is 0 Å². The molecular weight excluding hydrogens is 214 g/mol. The topological polar surface area (TPSA) is 49.7 Å². The number of rotatable bonds is 3. The molecule has 0 unspecified atom stereocenters. The number of phenolic OH excluding ortho intramolecular Hbond substituents is 1. The van der Waals surface area contributed by atoms with Crippen molar-refractivity contribution >= 4 is 5.69 Å². The Balaban J connectivity index is 3.11. The number of hydrogen-bond donors (Lipinski definition) is 1. The van der Waals surface area contributed by atoms with E-state index in [1.165, 1.54) is 6.07 Å². The fourth-order valence-corrected chi connectivity index (χ4v) is 2.45. The number of phenols is 1. The van der Waals surface area contributed by atoms with E-state index in [-0.39, 0.29) is 22.3 Å². The fraction of sp³-hybridized carbons (Fsp3) is 0.571. The summed E-state index contributed by atoms with van der Waals surface area (Å²) in [6.45, 7) is 10.8. The Bertz CT molecular complexity index is 417. The average molecular weight is 235 g/mol. The van der Waals surface area contributed by atoms with E-state index in [4.69, 9.17) is 0 Å². The second-order valence-corrected chi connectivity index (χ2v) is 6.42. The predicted molar refractivity (Wildman–Crippen MR) is 70.7 cm³/mol. The van der Waals surface area contributed by atoms with Gasteiger partial charge in [-0.25, -0.2) is 0 Å². The molecule has 17 heavy (non-hydrogen) atoms. The van der Waals surface area contributed by atoms with Crippen molar-refractivity contribution in [2.45, 2.75) is 46.5 Å². The molecule has 0 radical (unpaired) electrons. The molecule has 0 aliphatic heterocycles. The van der Waals surface area contributed by atoms with Crippen LogP contribution in [0.3, 0.4) is 0 Å². The smallest absolute Gasteiger partial charge is 0.149 e. The molecule has 0 saturated carbocycles. The van der Waals surface area contributed by atoms with E-state index in [1.807, 2.05) is 6.07 Å². The molecule has 94 valence electrons. The van der Waals surface area contributed by atoms with Gasteiger partial charge in [-0.15, -0.1) is 4.91 Å². The third-order valence-electron chi connectivity index (χ3n) is 2.83.